The van der Waals surface area contributed by atoms with E-state index in [1.165, 1.54) is 12.5 Å². The molecular weight excluding hydrogens is 192 g/mol. The zero-order valence-corrected chi connectivity index (χ0v) is 8.73. The second-order valence-electron chi connectivity index (χ2n) is 2.61. The van der Waals surface area contributed by atoms with Crippen molar-refractivity contribution in [1.82, 2.24) is 0 Å². The fourth-order valence-electron chi connectivity index (χ4n) is 1.11. The highest BCUT2D eigenvalue weighted by molar-refractivity contribution is 5.46. The van der Waals surface area contributed by atoms with Crippen LogP contribution < -0.4 is 14.2 Å². The van der Waals surface area contributed by atoms with Crippen molar-refractivity contribution in [3.8, 4) is 17.2 Å². The predicted molar refractivity (Wildman–Crippen MR) is 59.3 cm³/mol. The first-order valence-corrected chi connectivity index (χ1v) is 4.63. The first-order chi connectivity index (χ1) is 7.31. The minimum absolute atomic E-state index is 0.561. The Bertz CT molecular complexity index is 345. The Labute approximate surface area is 89.6 Å². The van der Waals surface area contributed by atoms with Crippen LogP contribution in [0.1, 0.15) is 6.92 Å². The zero-order chi connectivity index (χ0) is 11.1. The van der Waals surface area contributed by atoms with Crippen LogP contribution in [0.2, 0.25) is 0 Å². The van der Waals surface area contributed by atoms with Crippen molar-refractivity contribution in [3.05, 3.63) is 43.9 Å². The highest BCUT2D eigenvalue weighted by atomic mass is 16.5. The van der Waals surface area contributed by atoms with Crippen LogP contribution in [0.4, 0.5) is 0 Å². The number of hydrogen-bond donors (Lipinski definition) is 0. The predicted octanol–water partition coefficient (Wildman–Crippen LogP) is 3.13. The maximum Gasteiger partial charge on any atom is 0.168 e. The molecule has 3 heteroatoms. The lowest BCUT2D eigenvalue weighted by Crippen LogP contribution is -1.95. The minimum Gasteiger partial charge on any atom is -0.490 e. The van der Waals surface area contributed by atoms with Crippen molar-refractivity contribution in [2.45, 2.75) is 6.92 Å². The molecule has 1 aromatic carbocycles. The molecular formula is C12H14O3. The summed E-state index contributed by atoms with van der Waals surface area (Å²) in [5, 5.41) is 0. The summed E-state index contributed by atoms with van der Waals surface area (Å²) in [7, 11) is 0. The molecule has 0 amide bonds. The molecule has 0 fully saturated rings. The molecule has 0 aliphatic heterocycles. The molecule has 0 atom stereocenters. The Balaban J connectivity index is 2.96. The van der Waals surface area contributed by atoms with E-state index in [1.54, 1.807) is 18.2 Å². The standard InChI is InChI=1S/C12H14O3/c1-4-13-10-7-8-11(14-5-2)12(9-10)15-6-3/h4-5,7-9H,1-2,6H2,3H3. The topological polar surface area (TPSA) is 27.7 Å². The van der Waals surface area contributed by atoms with Gasteiger partial charge < -0.3 is 14.2 Å². The molecule has 15 heavy (non-hydrogen) atoms. The maximum absolute atomic E-state index is 5.39. The summed E-state index contributed by atoms with van der Waals surface area (Å²) >= 11 is 0. The van der Waals surface area contributed by atoms with Crippen LogP contribution in [0.3, 0.4) is 0 Å². The normalized spacial score (nSPS) is 9.13. The largest absolute Gasteiger partial charge is 0.490 e. The van der Waals surface area contributed by atoms with E-state index in [-0.39, 0.29) is 0 Å². The van der Waals surface area contributed by atoms with Gasteiger partial charge in [0.25, 0.3) is 0 Å². The summed E-state index contributed by atoms with van der Waals surface area (Å²) in [6, 6.07) is 5.26. The Morgan fingerprint density at radius 2 is 1.87 bits per heavy atom. The first kappa shape index (κ1) is 11.2. The molecule has 0 saturated heterocycles. The van der Waals surface area contributed by atoms with Crippen LogP contribution in [0, 0.1) is 0 Å². The third-order valence-corrected chi connectivity index (χ3v) is 1.64. The van der Waals surface area contributed by atoms with Crippen LogP contribution in [0.15, 0.2) is 43.9 Å². The highest BCUT2D eigenvalue weighted by Gasteiger charge is 2.05. The Kier molecular flexibility index (Phi) is 4.29. The monoisotopic (exact) mass is 206 g/mol. The van der Waals surface area contributed by atoms with Gasteiger partial charge in [0.05, 0.1) is 19.1 Å². The molecule has 3 nitrogen and oxygen atoms in total. The summed E-state index contributed by atoms with van der Waals surface area (Å²) in [6.45, 7) is 9.43. The van der Waals surface area contributed by atoms with Gasteiger partial charge in [0.15, 0.2) is 11.5 Å². The molecule has 0 aliphatic carbocycles. The van der Waals surface area contributed by atoms with Crippen molar-refractivity contribution in [2.75, 3.05) is 6.61 Å². The van der Waals surface area contributed by atoms with Gasteiger partial charge in [-0.05, 0) is 19.1 Å². The van der Waals surface area contributed by atoms with Gasteiger partial charge in [0.2, 0.25) is 0 Å². The first-order valence-electron chi connectivity index (χ1n) is 4.63. The van der Waals surface area contributed by atoms with E-state index in [9.17, 15) is 0 Å². The molecule has 0 aromatic heterocycles. The summed E-state index contributed by atoms with van der Waals surface area (Å²) in [5.74, 6) is 1.89. The van der Waals surface area contributed by atoms with Gasteiger partial charge in [-0.1, -0.05) is 13.2 Å². The molecule has 0 heterocycles. The molecule has 1 aromatic rings. The second kappa shape index (κ2) is 5.75. The van der Waals surface area contributed by atoms with E-state index in [0.717, 1.165) is 0 Å². The van der Waals surface area contributed by atoms with Crippen molar-refractivity contribution >= 4 is 0 Å². The SMILES string of the molecule is C=COc1ccc(OC=C)c(OCC)c1. The van der Waals surface area contributed by atoms with Crippen LogP contribution in [0.25, 0.3) is 0 Å². The van der Waals surface area contributed by atoms with Gasteiger partial charge in [-0.15, -0.1) is 0 Å². The van der Waals surface area contributed by atoms with Gasteiger partial charge in [0.1, 0.15) is 5.75 Å². The number of rotatable bonds is 6. The fraction of sp³-hybridized carbons (Fsp3) is 0.167. The van der Waals surface area contributed by atoms with E-state index in [2.05, 4.69) is 13.2 Å². The van der Waals surface area contributed by atoms with Crippen molar-refractivity contribution in [3.63, 3.8) is 0 Å². The van der Waals surface area contributed by atoms with Crippen molar-refractivity contribution in [1.29, 1.82) is 0 Å². The van der Waals surface area contributed by atoms with E-state index in [1.807, 2.05) is 6.92 Å². The number of hydrogen-bond acceptors (Lipinski definition) is 3. The molecule has 0 N–H and O–H groups in total. The average Bonchev–Trinajstić information content (AvgIpc) is 2.23. The lowest BCUT2D eigenvalue weighted by atomic mass is 10.3. The molecule has 0 saturated carbocycles. The average molecular weight is 206 g/mol. The Hall–Kier alpha value is -1.90. The van der Waals surface area contributed by atoms with Gasteiger partial charge in [0, 0.05) is 6.07 Å². The fourth-order valence-corrected chi connectivity index (χ4v) is 1.11. The summed E-state index contributed by atoms with van der Waals surface area (Å²) in [4.78, 5) is 0. The molecule has 0 spiro atoms. The van der Waals surface area contributed by atoms with E-state index >= 15 is 0 Å². The highest BCUT2D eigenvalue weighted by Crippen LogP contribution is 2.31. The molecule has 0 bridgehead atoms. The molecule has 80 valence electrons. The van der Waals surface area contributed by atoms with Crippen molar-refractivity contribution in [2.24, 2.45) is 0 Å². The quantitative estimate of drug-likeness (QED) is 0.669. The Morgan fingerprint density at radius 1 is 1.13 bits per heavy atom. The second-order valence-corrected chi connectivity index (χ2v) is 2.61. The third-order valence-electron chi connectivity index (χ3n) is 1.64. The number of ether oxygens (including phenoxy) is 3. The van der Waals surface area contributed by atoms with Crippen LogP contribution in [-0.4, -0.2) is 6.61 Å². The summed E-state index contributed by atoms with van der Waals surface area (Å²) < 4.78 is 15.7. The third kappa shape index (κ3) is 3.06. The molecule has 0 unspecified atom stereocenters. The van der Waals surface area contributed by atoms with Crippen LogP contribution in [0.5, 0.6) is 17.2 Å². The van der Waals surface area contributed by atoms with Gasteiger partial charge >= 0.3 is 0 Å². The van der Waals surface area contributed by atoms with Gasteiger partial charge in [-0.25, -0.2) is 0 Å². The van der Waals surface area contributed by atoms with Gasteiger partial charge in [-0.3, -0.25) is 0 Å². The maximum atomic E-state index is 5.39. The van der Waals surface area contributed by atoms with E-state index < -0.39 is 0 Å². The van der Waals surface area contributed by atoms with E-state index in [4.69, 9.17) is 14.2 Å². The van der Waals surface area contributed by atoms with Gasteiger partial charge in [-0.2, -0.15) is 0 Å². The van der Waals surface area contributed by atoms with Crippen LogP contribution in [-0.2, 0) is 0 Å². The summed E-state index contributed by atoms with van der Waals surface area (Å²) in [5.41, 5.74) is 0. The minimum atomic E-state index is 0.561. The molecule has 0 aliphatic rings. The lowest BCUT2D eigenvalue weighted by Gasteiger charge is -2.10. The number of benzene rings is 1. The lowest BCUT2D eigenvalue weighted by molar-refractivity contribution is 0.319. The smallest absolute Gasteiger partial charge is 0.168 e. The van der Waals surface area contributed by atoms with Crippen molar-refractivity contribution < 1.29 is 14.2 Å². The van der Waals surface area contributed by atoms with Crippen LogP contribution >= 0.6 is 0 Å². The Morgan fingerprint density at radius 3 is 2.47 bits per heavy atom. The summed E-state index contributed by atoms with van der Waals surface area (Å²) in [6.07, 6.45) is 2.71. The molecule has 1 rings (SSSR count). The zero-order valence-electron chi connectivity index (χ0n) is 8.73. The molecule has 0 radical (unpaired) electrons. The van der Waals surface area contributed by atoms with E-state index in [0.29, 0.717) is 23.9 Å².